The van der Waals surface area contributed by atoms with Gasteiger partial charge in [-0.1, -0.05) is 31.8 Å². The van der Waals surface area contributed by atoms with Gasteiger partial charge in [0.15, 0.2) is 11.5 Å². The molecular weight excluding hydrogens is 492 g/mol. The first-order valence-electron chi connectivity index (χ1n) is 12.7. The van der Waals surface area contributed by atoms with Crippen molar-refractivity contribution in [1.29, 1.82) is 0 Å². The summed E-state index contributed by atoms with van der Waals surface area (Å²) in [5.41, 5.74) is 1.79. The molecule has 0 spiro atoms. The topological polar surface area (TPSA) is 88.5 Å². The second kappa shape index (κ2) is 11.7. The van der Waals surface area contributed by atoms with Crippen molar-refractivity contribution < 1.29 is 27.7 Å². The SMILES string of the molecule is CCCC#Cc1ccc2c(c1)O[C@H](CN(C)Cc1ccc3c(c1)OCO3)[C@@H](C)CN([C@@H](C)CO)S2(=O)=O. The van der Waals surface area contributed by atoms with Crippen LogP contribution in [0.3, 0.4) is 0 Å². The van der Waals surface area contributed by atoms with Crippen LogP contribution in [0.25, 0.3) is 0 Å². The molecule has 0 radical (unpaired) electrons. The molecule has 9 heteroatoms. The van der Waals surface area contributed by atoms with Crippen LogP contribution in [-0.2, 0) is 16.6 Å². The molecule has 0 saturated carbocycles. The number of ether oxygens (including phenoxy) is 3. The van der Waals surface area contributed by atoms with Crippen LogP contribution in [0.1, 0.15) is 44.7 Å². The summed E-state index contributed by atoms with van der Waals surface area (Å²) < 4.78 is 46.0. The Labute approximate surface area is 220 Å². The van der Waals surface area contributed by atoms with E-state index in [2.05, 4.69) is 23.7 Å². The molecule has 3 atom stereocenters. The van der Waals surface area contributed by atoms with Crippen LogP contribution in [0.5, 0.6) is 17.2 Å². The molecule has 2 aliphatic rings. The quantitative estimate of drug-likeness (QED) is 0.551. The van der Waals surface area contributed by atoms with E-state index in [1.165, 1.54) is 4.31 Å². The van der Waals surface area contributed by atoms with Gasteiger partial charge in [0, 0.05) is 43.6 Å². The van der Waals surface area contributed by atoms with Gasteiger partial charge in [0.05, 0.1) is 6.61 Å². The summed E-state index contributed by atoms with van der Waals surface area (Å²) in [6, 6.07) is 10.4. The normalized spacial score (nSPS) is 21.2. The molecule has 2 aromatic rings. The highest BCUT2D eigenvalue weighted by molar-refractivity contribution is 7.89. The van der Waals surface area contributed by atoms with Gasteiger partial charge in [0.1, 0.15) is 16.7 Å². The highest BCUT2D eigenvalue weighted by Gasteiger charge is 2.38. The number of likely N-dealkylation sites (N-methyl/N-ethyl adjacent to an activating group) is 1. The molecule has 0 unspecified atom stereocenters. The Kier molecular flexibility index (Phi) is 8.65. The van der Waals surface area contributed by atoms with Crippen LogP contribution in [0.4, 0.5) is 0 Å². The second-order valence-corrected chi connectivity index (χ2v) is 11.7. The van der Waals surface area contributed by atoms with E-state index in [0.717, 1.165) is 29.9 Å². The van der Waals surface area contributed by atoms with E-state index in [1.807, 2.05) is 32.2 Å². The number of sulfonamides is 1. The first kappa shape index (κ1) is 27.3. The van der Waals surface area contributed by atoms with Crippen LogP contribution >= 0.6 is 0 Å². The molecule has 8 nitrogen and oxygen atoms in total. The van der Waals surface area contributed by atoms with Crippen molar-refractivity contribution in [2.24, 2.45) is 5.92 Å². The lowest BCUT2D eigenvalue weighted by atomic mass is 10.0. The Balaban J connectivity index is 1.63. The van der Waals surface area contributed by atoms with E-state index in [4.69, 9.17) is 14.2 Å². The molecule has 0 aromatic heterocycles. The fourth-order valence-corrected chi connectivity index (χ4v) is 6.36. The number of hydrogen-bond acceptors (Lipinski definition) is 7. The van der Waals surface area contributed by atoms with Gasteiger partial charge in [-0.25, -0.2) is 8.42 Å². The maximum atomic E-state index is 13.6. The number of benzene rings is 2. The minimum Gasteiger partial charge on any atom is -0.487 e. The Morgan fingerprint density at radius 2 is 1.95 bits per heavy atom. The number of hydrogen-bond donors (Lipinski definition) is 1. The molecule has 37 heavy (non-hydrogen) atoms. The lowest BCUT2D eigenvalue weighted by Crippen LogP contribution is -2.49. The van der Waals surface area contributed by atoms with Crippen LogP contribution in [0.15, 0.2) is 41.3 Å². The Bertz CT molecular complexity index is 1270. The smallest absolute Gasteiger partial charge is 0.247 e. The fourth-order valence-electron chi connectivity index (χ4n) is 4.53. The van der Waals surface area contributed by atoms with Gasteiger partial charge < -0.3 is 19.3 Å². The lowest BCUT2D eigenvalue weighted by Gasteiger charge is -2.37. The highest BCUT2D eigenvalue weighted by Crippen LogP contribution is 2.35. The number of nitrogens with zero attached hydrogens (tertiary/aromatic N) is 2. The maximum absolute atomic E-state index is 13.6. The molecule has 0 saturated heterocycles. The minimum absolute atomic E-state index is 0.101. The summed E-state index contributed by atoms with van der Waals surface area (Å²) in [7, 11) is -1.86. The average Bonchev–Trinajstić information content (AvgIpc) is 3.34. The van der Waals surface area contributed by atoms with Crippen molar-refractivity contribution in [3.05, 3.63) is 47.5 Å². The lowest BCUT2D eigenvalue weighted by molar-refractivity contribution is 0.0733. The Hall–Kier alpha value is -2.77. The third-order valence-electron chi connectivity index (χ3n) is 6.66. The number of fused-ring (bicyclic) bond motifs is 2. The molecule has 2 heterocycles. The Morgan fingerprint density at radius 1 is 1.16 bits per heavy atom. The van der Waals surface area contributed by atoms with Crippen LogP contribution in [0, 0.1) is 17.8 Å². The molecule has 0 aliphatic carbocycles. The molecule has 0 bridgehead atoms. The maximum Gasteiger partial charge on any atom is 0.247 e. The first-order chi connectivity index (χ1) is 17.7. The third-order valence-corrected chi connectivity index (χ3v) is 8.68. The molecule has 0 fully saturated rings. The van der Waals surface area contributed by atoms with Crippen molar-refractivity contribution in [2.75, 3.05) is 33.5 Å². The third kappa shape index (κ3) is 6.21. The average molecular weight is 529 g/mol. The predicted octanol–water partition coefficient (Wildman–Crippen LogP) is 3.47. The van der Waals surface area contributed by atoms with Gasteiger partial charge in [0.25, 0.3) is 0 Å². The van der Waals surface area contributed by atoms with Crippen LogP contribution in [-0.4, -0.2) is 68.4 Å². The summed E-state index contributed by atoms with van der Waals surface area (Å²) in [5.74, 6) is 7.88. The number of unbranched alkanes of at least 4 members (excludes halogenated alkanes) is 1. The molecular formula is C28H36N2O6S. The van der Waals surface area contributed by atoms with Crippen molar-refractivity contribution in [1.82, 2.24) is 9.21 Å². The second-order valence-electron chi connectivity index (χ2n) is 9.84. The standard InChI is InChI=1S/C28H36N2O6S/c1-5-6-7-8-22-10-12-28-26(13-22)36-27(20(2)15-30(21(3)18-31)37(28,32)33)17-29(4)16-23-9-11-24-25(14-23)35-19-34-24/h9-14,20-21,27,31H,5-6,15-19H2,1-4H3/t20-,21-,27+/m0/s1. The molecule has 0 amide bonds. The van der Waals surface area contributed by atoms with Gasteiger partial charge in [-0.3, -0.25) is 4.90 Å². The van der Waals surface area contributed by atoms with E-state index >= 15 is 0 Å². The Morgan fingerprint density at radius 3 is 2.70 bits per heavy atom. The highest BCUT2D eigenvalue weighted by atomic mass is 32.2. The molecule has 200 valence electrons. The number of aliphatic hydroxyl groups excluding tert-OH is 1. The van der Waals surface area contributed by atoms with Crippen molar-refractivity contribution in [2.45, 2.75) is 57.2 Å². The zero-order chi connectivity index (χ0) is 26.6. The summed E-state index contributed by atoms with van der Waals surface area (Å²) in [4.78, 5) is 2.25. The van der Waals surface area contributed by atoms with Crippen LogP contribution < -0.4 is 14.2 Å². The van der Waals surface area contributed by atoms with E-state index < -0.39 is 16.1 Å². The van der Waals surface area contributed by atoms with Crippen LogP contribution in [0.2, 0.25) is 0 Å². The zero-order valence-electron chi connectivity index (χ0n) is 21.9. The van der Waals surface area contributed by atoms with Gasteiger partial charge in [-0.2, -0.15) is 4.31 Å². The summed E-state index contributed by atoms with van der Waals surface area (Å²) >= 11 is 0. The molecule has 4 rings (SSSR count). The number of aliphatic hydroxyl groups is 1. The van der Waals surface area contributed by atoms with E-state index in [-0.39, 0.29) is 36.9 Å². The van der Waals surface area contributed by atoms with Gasteiger partial charge in [-0.05, 0) is 56.3 Å². The van der Waals surface area contributed by atoms with E-state index in [0.29, 0.717) is 24.4 Å². The molecule has 2 aliphatic heterocycles. The molecule has 1 N–H and O–H groups in total. The minimum atomic E-state index is -3.87. The van der Waals surface area contributed by atoms with Crippen molar-refractivity contribution >= 4 is 10.0 Å². The van der Waals surface area contributed by atoms with E-state index in [9.17, 15) is 13.5 Å². The predicted molar refractivity (Wildman–Crippen MR) is 141 cm³/mol. The van der Waals surface area contributed by atoms with Crippen molar-refractivity contribution in [3.8, 4) is 29.1 Å². The first-order valence-corrected chi connectivity index (χ1v) is 14.2. The summed E-state index contributed by atoms with van der Waals surface area (Å²) in [5, 5.41) is 9.84. The zero-order valence-corrected chi connectivity index (χ0v) is 22.8. The van der Waals surface area contributed by atoms with Gasteiger partial charge >= 0.3 is 0 Å². The van der Waals surface area contributed by atoms with Crippen molar-refractivity contribution in [3.63, 3.8) is 0 Å². The van der Waals surface area contributed by atoms with E-state index in [1.54, 1.807) is 25.1 Å². The largest absolute Gasteiger partial charge is 0.487 e. The fraction of sp³-hybridized carbons (Fsp3) is 0.500. The monoisotopic (exact) mass is 528 g/mol. The summed E-state index contributed by atoms with van der Waals surface area (Å²) in [6.07, 6.45) is 1.43. The summed E-state index contributed by atoms with van der Waals surface area (Å²) in [6.45, 7) is 7.21. The number of rotatable bonds is 7. The molecule has 2 aromatic carbocycles. The van der Waals surface area contributed by atoms with Gasteiger partial charge in [-0.15, -0.1) is 0 Å². The van der Waals surface area contributed by atoms with Gasteiger partial charge in [0.2, 0.25) is 16.8 Å².